The number of halogens is 2. The van der Waals surface area contributed by atoms with Crippen LogP contribution in [0, 0.1) is 11.3 Å². The first kappa shape index (κ1) is 17.5. The van der Waals surface area contributed by atoms with E-state index >= 15 is 0 Å². The lowest BCUT2D eigenvalue weighted by Gasteiger charge is -2.25. The minimum Gasteiger partial charge on any atom is -0.314 e. The van der Waals surface area contributed by atoms with Crippen molar-refractivity contribution >= 4 is 61.6 Å². The zero-order chi connectivity index (χ0) is 17.5. The molecular weight excluding hydrogens is 393 g/mol. The smallest absolute Gasteiger partial charge is 0.262 e. The number of amides is 1. The molecule has 1 aromatic rings. The Hall–Kier alpha value is -1.27. The molecule has 0 bridgehead atoms. The SMILES string of the molecule is N#CCC(=O)N=C1S[C@H]2CS(=O)(=O)C[C@@H]2N1c1ccc(Cl)cc1Cl. The molecule has 126 valence electrons. The Labute approximate surface area is 153 Å². The van der Waals surface area contributed by atoms with Gasteiger partial charge in [-0.1, -0.05) is 35.0 Å². The Balaban J connectivity index is 2.05. The van der Waals surface area contributed by atoms with Crippen LogP contribution in [-0.2, 0) is 14.6 Å². The Kier molecular flexibility index (Phi) is 4.80. The summed E-state index contributed by atoms with van der Waals surface area (Å²) >= 11 is 13.4. The van der Waals surface area contributed by atoms with Gasteiger partial charge < -0.3 is 4.90 Å². The lowest BCUT2D eigenvalue weighted by atomic mass is 10.2. The van der Waals surface area contributed by atoms with Gasteiger partial charge in [0.2, 0.25) is 0 Å². The van der Waals surface area contributed by atoms with Crippen LogP contribution in [0.25, 0.3) is 0 Å². The third-order valence-corrected chi connectivity index (χ3v) is 7.43. The summed E-state index contributed by atoms with van der Waals surface area (Å²) in [5.74, 6) is -0.581. The van der Waals surface area contributed by atoms with Crippen molar-refractivity contribution in [1.82, 2.24) is 0 Å². The number of anilines is 1. The number of thioether (sulfide) groups is 1. The summed E-state index contributed by atoms with van der Waals surface area (Å²) in [5.41, 5.74) is 0.543. The summed E-state index contributed by atoms with van der Waals surface area (Å²) in [7, 11) is -3.15. The summed E-state index contributed by atoms with van der Waals surface area (Å²) in [6.45, 7) is 0. The third-order valence-electron chi connectivity index (χ3n) is 3.69. The van der Waals surface area contributed by atoms with E-state index in [0.29, 0.717) is 20.9 Å². The molecule has 24 heavy (non-hydrogen) atoms. The number of fused-ring (bicyclic) bond motifs is 1. The zero-order valence-electron chi connectivity index (χ0n) is 12.1. The first-order valence-corrected chi connectivity index (χ1v) is 10.4. The number of benzene rings is 1. The minimum atomic E-state index is -3.15. The van der Waals surface area contributed by atoms with Crippen LogP contribution in [0.1, 0.15) is 6.42 Å². The van der Waals surface area contributed by atoms with Crippen LogP contribution in [0.3, 0.4) is 0 Å². The number of amidine groups is 1. The molecule has 2 aliphatic rings. The first-order valence-electron chi connectivity index (χ1n) is 6.90. The monoisotopic (exact) mass is 403 g/mol. The molecule has 6 nitrogen and oxygen atoms in total. The van der Waals surface area contributed by atoms with E-state index < -0.39 is 15.7 Å². The lowest BCUT2D eigenvalue weighted by Crippen LogP contribution is -2.37. The van der Waals surface area contributed by atoms with E-state index in [1.807, 2.05) is 0 Å². The number of hydrogen-bond donors (Lipinski definition) is 0. The number of sulfone groups is 1. The fourth-order valence-electron chi connectivity index (χ4n) is 2.74. The van der Waals surface area contributed by atoms with Gasteiger partial charge in [-0.15, -0.1) is 0 Å². The van der Waals surface area contributed by atoms with Crippen LogP contribution in [0.4, 0.5) is 5.69 Å². The van der Waals surface area contributed by atoms with Gasteiger partial charge in [0.05, 0.1) is 34.3 Å². The van der Waals surface area contributed by atoms with Crippen LogP contribution >= 0.6 is 35.0 Å². The molecule has 0 saturated carbocycles. The van der Waals surface area contributed by atoms with Gasteiger partial charge >= 0.3 is 0 Å². The molecule has 0 N–H and O–H groups in total. The highest BCUT2D eigenvalue weighted by Crippen LogP contribution is 2.43. The molecule has 0 radical (unpaired) electrons. The molecule has 0 spiro atoms. The van der Waals surface area contributed by atoms with Gasteiger partial charge in [0.25, 0.3) is 5.91 Å². The maximum atomic E-state index is 11.9. The second-order valence-corrected chi connectivity index (χ2v) is 9.59. The highest BCUT2D eigenvalue weighted by Gasteiger charge is 2.49. The summed E-state index contributed by atoms with van der Waals surface area (Å²) in [6, 6.07) is 6.26. The molecule has 0 aromatic heterocycles. The largest absolute Gasteiger partial charge is 0.314 e. The quantitative estimate of drug-likeness (QED) is 0.753. The van der Waals surface area contributed by atoms with Crippen LogP contribution in [-0.4, -0.2) is 42.3 Å². The van der Waals surface area contributed by atoms with Crippen molar-refractivity contribution in [3.05, 3.63) is 28.2 Å². The van der Waals surface area contributed by atoms with Gasteiger partial charge in [-0.05, 0) is 18.2 Å². The number of nitrogens with zero attached hydrogens (tertiary/aromatic N) is 3. The van der Waals surface area contributed by atoms with E-state index in [2.05, 4.69) is 4.99 Å². The fourth-order valence-corrected chi connectivity index (χ4v) is 7.16. The second-order valence-electron chi connectivity index (χ2n) is 5.39. The van der Waals surface area contributed by atoms with Crippen molar-refractivity contribution in [3.8, 4) is 6.07 Å². The first-order chi connectivity index (χ1) is 11.3. The summed E-state index contributed by atoms with van der Waals surface area (Å²) in [6.07, 6.45) is -0.333. The Bertz CT molecular complexity index is 880. The average molecular weight is 404 g/mol. The van der Waals surface area contributed by atoms with Gasteiger partial charge in [-0.25, -0.2) is 8.42 Å². The topological polar surface area (TPSA) is 90.6 Å². The van der Waals surface area contributed by atoms with Crippen molar-refractivity contribution in [3.63, 3.8) is 0 Å². The minimum absolute atomic E-state index is 0.0233. The van der Waals surface area contributed by atoms with Gasteiger partial charge in [0.15, 0.2) is 15.0 Å². The summed E-state index contributed by atoms with van der Waals surface area (Å²) < 4.78 is 23.9. The molecule has 0 aliphatic carbocycles. The number of carbonyl (C=O) groups excluding carboxylic acids is 1. The highest BCUT2D eigenvalue weighted by atomic mass is 35.5. The summed E-state index contributed by atoms with van der Waals surface area (Å²) in [4.78, 5) is 17.4. The van der Waals surface area contributed by atoms with Gasteiger partial charge in [0.1, 0.15) is 6.42 Å². The van der Waals surface area contributed by atoms with Crippen LogP contribution in [0.15, 0.2) is 23.2 Å². The van der Waals surface area contributed by atoms with E-state index in [4.69, 9.17) is 28.5 Å². The maximum absolute atomic E-state index is 11.9. The van der Waals surface area contributed by atoms with Crippen LogP contribution in [0.2, 0.25) is 10.0 Å². The molecule has 2 saturated heterocycles. The van der Waals surface area contributed by atoms with Crippen molar-refractivity contribution in [1.29, 1.82) is 5.26 Å². The molecule has 1 amide bonds. The average Bonchev–Trinajstić information content (AvgIpc) is 2.91. The third kappa shape index (κ3) is 3.40. The van der Waals surface area contributed by atoms with Gasteiger partial charge in [-0.3, -0.25) is 4.79 Å². The van der Waals surface area contributed by atoms with Crippen LogP contribution < -0.4 is 4.90 Å². The number of hydrogen-bond acceptors (Lipinski definition) is 5. The molecule has 2 atom stereocenters. The van der Waals surface area contributed by atoms with Gasteiger partial charge in [0, 0.05) is 10.3 Å². The molecule has 10 heteroatoms. The Morgan fingerprint density at radius 3 is 2.83 bits per heavy atom. The molecule has 2 aliphatic heterocycles. The molecule has 1 aromatic carbocycles. The molecule has 3 rings (SSSR count). The standard InChI is InChI=1S/C14H11Cl2N3O3S2/c15-8-1-2-10(9(16)5-8)19-11-6-24(21,22)7-12(11)23-14(19)18-13(20)3-4-17/h1-2,5,11-12H,3,6-7H2/t11-,12-/m0/s1. The zero-order valence-corrected chi connectivity index (χ0v) is 15.3. The van der Waals surface area contributed by atoms with Crippen molar-refractivity contribution in [2.45, 2.75) is 17.7 Å². The molecule has 2 heterocycles. The normalized spacial score (nSPS) is 26.4. The molecule has 0 unspecified atom stereocenters. The van der Waals surface area contributed by atoms with Crippen LogP contribution in [0.5, 0.6) is 0 Å². The van der Waals surface area contributed by atoms with Crippen molar-refractivity contribution < 1.29 is 13.2 Å². The fraction of sp³-hybridized carbons (Fsp3) is 0.357. The van der Waals surface area contributed by atoms with Gasteiger partial charge in [-0.2, -0.15) is 10.3 Å². The predicted molar refractivity (Wildman–Crippen MR) is 95.4 cm³/mol. The number of nitriles is 1. The number of rotatable bonds is 2. The van der Waals surface area contributed by atoms with E-state index in [9.17, 15) is 13.2 Å². The molecule has 2 fully saturated rings. The Morgan fingerprint density at radius 2 is 2.17 bits per heavy atom. The van der Waals surface area contributed by atoms with Crippen molar-refractivity contribution in [2.75, 3.05) is 16.4 Å². The molecular formula is C14H11Cl2N3O3S2. The number of carbonyl (C=O) groups is 1. The maximum Gasteiger partial charge on any atom is 0.262 e. The highest BCUT2D eigenvalue weighted by molar-refractivity contribution is 8.16. The van der Waals surface area contributed by atoms with E-state index in [0.717, 1.165) is 0 Å². The number of aliphatic imine (C=N–C) groups is 1. The predicted octanol–water partition coefficient (Wildman–Crippen LogP) is 2.51. The van der Waals surface area contributed by atoms with E-state index in [-0.39, 0.29) is 29.2 Å². The van der Waals surface area contributed by atoms with E-state index in [1.165, 1.54) is 11.8 Å². The summed E-state index contributed by atoms with van der Waals surface area (Å²) in [5, 5.41) is 9.55. The second kappa shape index (κ2) is 6.56. The Morgan fingerprint density at radius 1 is 1.42 bits per heavy atom. The van der Waals surface area contributed by atoms with E-state index in [1.54, 1.807) is 29.2 Å². The lowest BCUT2D eigenvalue weighted by molar-refractivity contribution is -0.116. The van der Waals surface area contributed by atoms with Crippen molar-refractivity contribution in [2.24, 2.45) is 4.99 Å².